The molecule has 0 amide bonds. The lowest BCUT2D eigenvalue weighted by atomic mass is 10.0. The van der Waals surface area contributed by atoms with Gasteiger partial charge in [-0.2, -0.15) is 0 Å². The van der Waals surface area contributed by atoms with Crippen LogP contribution >= 0.6 is 0 Å². The Morgan fingerprint density at radius 2 is 1.86 bits per heavy atom. The van der Waals surface area contributed by atoms with Crippen molar-refractivity contribution in [2.24, 2.45) is 0 Å². The summed E-state index contributed by atoms with van der Waals surface area (Å²) in [6.07, 6.45) is 0. The summed E-state index contributed by atoms with van der Waals surface area (Å²) < 4.78 is 13.5. The maximum Gasteiger partial charge on any atom is 0.146 e. The van der Waals surface area contributed by atoms with E-state index in [1.165, 1.54) is 6.07 Å². The monoisotopic (exact) mass is 196 g/mol. The molecule has 1 aromatic rings. The lowest BCUT2D eigenvalue weighted by molar-refractivity contribution is 0.622. The number of hydrogen-bond acceptors (Lipinski definition) is 2. The number of nitrogens with zero attached hydrogens (tertiary/aromatic N) is 1. The van der Waals surface area contributed by atoms with Gasteiger partial charge in [0.15, 0.2) is 0 Å². The minimum Gasteiger partial charge on any atom is -0.398 e. The fraction of sp³-hybridized carbons (Fsp3) is 0.455. The van der Waals surface area contributed by atoms with Crippen molar-refractivity contribution in [2.75, 3.05) is 24.7 Å². The molecule has 1 rings (SSSR count). The predicted molar refractivity (Wildman–Crippen MR) is 59.2 cm³/mol. The standard InChI is InChI=1S/C11H17FN2/c1-7(2)8-5-9(12)11(14(3)4)6-10(8)13/h5-7H,13H2,1-4H3. The van der Waals surface area contributed by atoms with Crippen LogP contribution in [0.1, 0.15) is 25.3 Å². The van der Waals surface area contributed by atoms with Crippen LogP contribution in [0.15, 0.2) is 12.1 Å². The molecule has 0 unspecified atom stereocenters. The molecule has 0 saturated carbocycles. The van der Waals surface area contributed by atoms with Gasteiger partial charge >= 0.3 is 0 Å². The maximum atomic E-state index is 13.5. The zero-order valence-corrected chi connectivity index (χ0v) is 9.13. The molecule has 14 heavy (non-hydrogen) atoms. The smallest absolute Gasteiger partial charge is 0.146 e. The molecule has 1 aromatic carbocycles. The fourth-order valence-electron chi connectivity index (χ4n) is 1.44. The first kappa shape index (κ1) is 10.8. The van der Waals surface area contributed by atoms with Crippen molar-refractivity contribution in [2.45, 2.75) is 19.8 Å². The molecule has 0 aliphatic rings. The summed E-state index contributed by atoms with van der Waals surface area (Å²) in [6.45, 7) is 4.00. The Morgan fingerprint density at radius 3 is 2.29 bits per heavy atom. The number of rotatable bonds is 2. The Morgan fingerprint density at radius 1 is 1.29 bits per heavy atom. The number of benzene rings is 1. The number of nitrogens with two attached hydrogens (primary N) is 1. The van der Waals surface area contributed by atoms with Gasteiger partial charge in [-0.1, -0.05) is 13.8 Å². The second kappa shape index (κ2) is 3.86. The minimum absolute atomic E-state index is 0.215. The molecular weight excluding hydrogens is 179 g/mol. The number of nitrogen functional groups attached to an aromatic ring is 1. The van der Waals surface area contributed by atoms with Gasteiger partial charge in [-0.05, 0) is 23.6 Å². The van der Waals surface area contributed by atoms with Gasteiger partial charge in [0.05, 0.1) is 5.69 Å². The zero-order valence-electron chi connectivity index (χ0n) is 9.13. The fourth-order valence-corrected chi connectivity index (χ4v) is 1.44. The van der Waals surface area contributed by atoms with Crippen molar-refractivity contribution < 1.29 is 4.39 Å². The Bertz CT molecular complexity index is 299. The molecule has 0 radical (unpaired) electrons. The average Bonchev–Trinajstić information content (AvgIpc) is 2.07. The quantitative estimate of drug-likeness (QED) is 0.737. The molecular formula is C11H17FN2. The van der Waals surface area contributed by atoms with Crippen LogP contribution in [0.4, 0.5) is 15.8 Å². The topological polar surface area (TPSA) is 29.3 Å². The van der Waals surface area contributed by atoms with Crippen LogP contribution < -0.4 is 10.6 Å². The molecule has 0 spiro atoms. The van der Waals surface area contributed by atoms with Gasteiger partial charge in [0, 0.05) is 19.8 Å². The van der Waals surface area contributed by atoms with E-state index in [4.69, 9.17) is 5.73 Å². The van der Waals surface area contributed by atoms with Gasteiger partial charge in [-0.15, -0.1) is 0 Å². The molecule has 0 aliphatic carbocycles. The van der Waals surface area contributed by atoms with Gasteiger partial charge in [-0.25, -0.2) is 4.39 Å². The summed E-state index contributed by atoms with van der Waals surface area (Å²) in [4.78, 5) is 1.72. The van der Waals surface area contributed by atoms with Crippen molar-refractivity contribution in [3.8, 4) is 0 Å². The highest BCUT2D eigenvalue weighted by molar-refractivity contribution is 5.61. The Hall–Kier alpha value is -1.25. The van der Waals surface area contributed by atoms with Gasteiger partial charge in [0.25, 0.3) is 0 Å². The Labute approximate surface area is 84.5 Å². The van der Waals surface area contributed by atoms with Crippen molar-refractivity contribution in [1.29, 1.82) is 0 Å². The van der Waals surface area contributed by atoms with Crippen LogP contribution in [0.3, 0.4) is 0 Å². The number of halogens is 1. The summed E-state index contributed by atoms with van der Waals surface area (Å²) in [7, 11) is 3.60. The van der Waals surface area contributed by atoms with E-state index in [-0.39, 0.29) is 11.7 Å². The molecule has 2 N–H and O–H groups in total. The first-order chi connectivity index (χ1) is 6.43. The molecule has 0 atom stereocenters. The van der Waals surface area contributed by atoms with Gasteiger partial charge in [0.2, 0.25) is 0 Å². The summed E-state index contributed by atoms with van der Waals surface area (Å²) in [5.41, 5.74) is 7.90. The molecule has 0 saturated heterocycles. The Kier molecular flexibility index (Phi) is 2.99. The van der Waals surface area contributed by atoms with E-state index in [2.05, 4.69) is 0 Å². The van der Waals surface area contributed by atoms with Crippen LogP contribution in [0.5, 0.6) is 0 Å². The van der Waals surface area contributed by atoms with E-state index in [0.717, 1.165) is 5.56 Å². The van der Waals surface area contributed by atoms with Crippen molar-refractivity contribution >= 4 is 11.4 Å². The van der Waals surface area contributed by atoms with E-state index in [0.29, 0.717) is 11.4 Å². The van der Waals surface area contributed by atoms with Crippen LogP contribution in [-0.2, 0) is 0 Å². The largest absolute Gasteiger partial charge is 0.398 e. The van der Waals surface area contributed by atoms with E-state index < -0.39 is 0 Å². The third kappa shape index (κ3) is 1.97. The van der Waals surface area contributed by atoms with Gasteiger partial charge in [0.1, 0.15) is 5.82 Å². The van der Waals surface area contributed by atoms with Gasteiger partial charge < -0.3 is 10.6 Å². The third-order valence-electron chi connectivity index (χ3n) is 2.26. The molecule has 2 nitrogen and oxygen atoms in total. The van der Waals surface area contributed by atoms with Crippen molar-refractivity contribution in [3.05, 3.63) is 23.5 Å². The average molecular weight is 196 g/mol. The molecule has 0 bridgehead atoms. The van der Waals surface area contributed by atoms with Crippen LogP contribution in [0.2, 0.25) is 0 Å². The SMILES string of the molecule is CC(C)c1cc(F)c(N(C)C)cc1N. The highest BCUT2D eigenvalue weighted by Gasteiger charge is 2.11. The summed E-state index contributed by atoms with van der Waals surface area (Å²) in [5.74, 6) is 0.0358. The lowest BCUT2D eigenvalue weighted by Gasteiger charge is -2.17. The maximum absolute atomic E-state index is 13.5. The second-order valence-electron chi connectivity index (χ2n) is 3.98. The van der Waals surface area contributed by atoms with Crippen molar-refractivity contribution in [3.63, 3.8) is 0 Å². The zero-order chi connectivity index (χ0) is 10.9. The summed E-state index contributed by atoms with van der Waals surface area (Å²) in [5, 5.41) is 0. The van der Waals surface area contributed by atoms with E-state index in [9.17, 15) is 4.39 Å². The first-order valence-corrected chi connectivity index (χ1v) is 4.69. The second-order valence-corrected chi connectivity index (χ2v) is 3.98. The normalized spacial score (nSPS) is 10.7. The minimum atomic E-state index is -0.215. The highest BCUT2D eigenvalue weighted by Crippen LogP contribution is 2.28. The summed E-state index contributed by atoms with van der Waals surface area (Å²) in [6, 6.07) is 3.21. The van der Waals surface area contributed by atoms with Crippen molar-refractivity contribution in [1.82, 2.24) is 0 Å². The molecule has 78 valence electrons. The van der Waals surface area contributed by atoms with Crippen LogP contribution in [0.25, 0.3) is 0 Å². The summed E-state index contributed by atoms with van der Waals surface area (Å²) >= 11 is 0. The molecule has 0 fully saturated rings. The van der Waals surface area contributed by atoms with E-state index in [1.54, 1.807) is 25.1 Å². The van der Waals surface area contributed by atoms with Crippen LogP contribution in [-0.4, -0.2) is 14.1 Å². The van der Waals surface area contributed by atoms with E-state index >= 15 is 0 Å². The molecule has 3 heteroatoms. The molecule has 0 aromatic heterocycles. The lowest BCUT2D eigenvalue weighted by Crippen LogP contribution is -2.12. The Balaban J connectivity index is 3.24. The van der Waals surface area contributed by atoms with Gasteiger partial charge in [-0.3, -0.25) is 0 Å². The predicted octanol–water partition coefficient (Wildman–Crippen LogP) is 2.60. The van der Waals surface area contributed by atoms with Crippen LogP contribution in [0, 0.1) is 5.82 Å². The molecule has 0 heterocycles. The number of hydrogen-bond donors (Lipinski definition) is 1. The number of anilines is 2. The third-order valence-corrected chi connectivity index (χ3v) is 2.26. The molecule has 0 aliphatic heterocycles. The highest BCUT2D eigenvalue weighted by atomic mass is 19.1. The van der Waals surface area contributed by atoms with E-state index in [1.807, 2.05) is 13.8 Å². The first-order valence-electron chi connectivity index (χ1n) is 4.69.